The average Bonchev–Trinajstić information content (AvgIpc) is 2.96. The maximum Gasteiger partial charge on any atom is 0.273 e. The summed E-state index contributed by atoms with van der Waals surface area (Å²) < 4.78 is 0. The van der Waals surface area contributed by atoms with Gasteiger partial charge in [0.2, 0.25) is 5.91 Å². The minimum atomic E-state index is -0.109. The fourth-order valence-corrected chi connectivity index (χ4v) is 4.08. The van der Waals surface area contributed by atoms with Crippen LogP contribution in [0, 0.1) is 12.8 Å². The zero-order valence-electron chi connectivity index (χ0n) is 14.8. The van der Waals surface area contributed by atoms with Gasteiger partial charge in [-0.2, -0.15) is 0 Å². The van der Waals surface area contributed by atoms with Crippen molar-refractivity contribution in [2.24, 2.45) is 5.92 Å². The molecule has 0 saturated carbocycles. The molecule has 1 fully saturated rings. The lowest BCUT2D eigenvalue weighted by atomic mass is 10.00. The Bertz CT molecular complexity index is 800. The minimum Gasteiger partial charge on any atom is -0.337 e. The Labute approximate surface area is 152 Å². The van der Waals surface area contributed by atoms with Gasteiger partial charge in [0.05, 0.1) is 0 Å². The number of hydrogen-bond donors (Lipinski definition) is 1. The van der Waals surface area contributed by atoms with Crippen molar-refractivity contribution >= 4 is 28.8 Å². The summed E-state index contributed by atoms with van der Waals surface area (Å²) in [6.07, 6.45) is 2.24. The number of nitrogens with zero attached hydrogens (tertiary/aromatic N) is 2. The monoisotopic (exact) mass is 357 g/mol. The number of hydrogen-bond acceptors (Lipinski definition) is 4. The van der Waals surface area contributed by atoms with E-state index in [0.29, 0.717) is 11.6 Å². The second-order valence-corrected chi connectivity index (χ2v) is 7.89. The van der Waals surface area contributed by atoms with E-state index in [4.69, 9.17) is 0 Å². The van der Waals surface area contributed by atoms with Crippen LogP contribution in [0.15, 0.2) is 24.3 Å². The van der Waals surface area contributed by atoms with Crippen LogP contribution in [-0.4, -0.2) is 34.8 Å². The van der Waals surface area contributed by atoms with Crippen molar-refractivity contribution in [1.29, 1.82) is 0 Å². The van der Waals surface area contributed by atoms with Gasteiger partial charge < -0.3 is 10.2 Å². The van der Waals surface area contributed by atoms with Crippen LogP contribution >= 0.6 is 11.3 Å². The molecule has 1 aromatic heterocycles. The van der Waals surface area contributed by atoms with Crippen LogP contribution < -0.4 is 5.32 Å². The third-order valence-electron chi connectivity index (χ3n) is 4.37. The van der Waals surface area contributed by atoms with Crippen LogP contribution in [0.5, 0.6) is 0 Å². The molecule has 1 aromatic carbocycles. The van der Waals surface area contributed by atoms with E-state index < -0.39 is 0 Å². The van der Waals surface area contributed by atoms with Crippen LogP contribution in [0.2, 0.25) is 0 Å². The molecule has 0 aliphatic carbocycles. The van der Waals surface area contributed by atoms with Crippen molar-refractivity contribution in [3.63, 3.8) is 0 Å². The molecular weight excluding hydrogens is 334 g/mol. The molecule has 1 aliphatic heterocycles. The van der Waals surface area contributed by atoms with E-state index >= 15 is 0 Å². The van der Waals surface area contributed by atoms with Crippen LogP contribution in [0.25, 0.3) is 10.6 Å². The van der Waals surface area contributed by atoms with Gasteiger partial charge in [-0.25, -0.2) is 4.98 Å². The highest BCUT2D eigenvalue weighted by molar-refractivity contribution is 7.15. The Morgan fingerprint density at radius 2 is 2.16 bits per heavy atom. The number of anilines is 1. The number of piperidine rings is 1. The first-order chi connectivity index (χ1) is 11.9. The lowest BCUT2D eigenvalue weighted by Crippen LogP contribution is -2.39. The third-order valence-corrected chi connectivity index (χ3v) is 5.39. The maximum absolute atomic E-state index is 12.8. The quantitative estimate of drug-likeness (QED) is 0.905. The summed E-state index contributed by atoms with van der Waals surface area (Å²) in [4.78, 5) is 31.5. The number of thiazole rings is 1. The van der Waals surface area contributed by atoms with E-state index in [1.807, 2.05) is 36.1 Å². The molecule has 1 N–H and O–H groups in total. The van der Waals surface area contributed by atoms with Gasteiger partial charge in [-0.1, -0.05) is 19.1 Å². The highest BCUT2D eigenvalue weighted by Crippen LogP contribution is 2.30. The summed E-state index contributed by atoms with van der Waals surface area (Å²) in [5.41, 5.74) is 2.19. The van der Waals surface area contributed by atoms with Crippen molar-refractivity contribution in [3.8, 4) is 10.6 Å². The van der Waals surface area contributed by atoms with Gasteiger partial charge >= 0.3 is 0 Å². The zero-order valence-corrected chi connectivity index (χ0v) is 15.7. The molecule has 2 heterocycles. The van der Waals surface area contributed by atoms with E-state index in [1.165, 1.54) is 24.7 Å². The average molecular weight is 357 g/mol. The van der Waals surface area contributed by atoms with Gasteiger partial charge in [0, 0.05) is 36.1 Å². The third kappa shape index (κ3) is 4.07. The molecule has 0 radical (unpaired) electrons. The van der Waals surface area contributed by atoms with Crippen LogP contribution in [0.3, 0.4) is 0 Å². The Kier molecular flexibility index (Phi) is 5.18. The molecule has 2 aromatic rings. The number of rotatable bonds is 3. The molecule has 25 heavy (non-hydrogen) atoms. The number of likely N-dealkylation sites (tertiary alicyclic amines) is 1. The molecule has 0 bridgehead atoms. The summed E-state index contributed by atoms with van der Waals surface area (Å²) in [6, 6.07) is 7.55. The molecule has 132 valence electrons. The van der Waals surface area contributed by atoms with Crippen molar-refractivity contribution in [3.05, 3.63) is 34.8 Å². The molecule has 0 spiro atoms. The molecule has 1 atom stereocenters. The molecule has 1 aliphatic rings. The predicted octanol–water partition coefficient (Wildman–Crippen LogP) is 3.95. The van der Waals surface area contributed by atoms with E-state index in [9.17, 15) is 9.59 Å². The maximum atomic E-state index is 12.8. The van der Waals surface area contributed by atoms with Crippen molar-refractivity contribution in [2.45, 2.75) is 33.6 Å². The number of aromatic nitrogens is 1. The number of carbonyl (C=O) groups excluding carboxylic acids is 2. The van der Waals surface area contributed by atoms with E-state index in [0.717, 1.165) is 40.6 Å². The molecule has 1 unspecified atom stereocenters. The van der Waals surface area contributed by atoms with Gasteiger partial charge in [0.1, 0.15) is 10.7 Å². The van der Waals surface area contributed by atoms with Crippen LogP contribution in [-0.2, 0) is 4.79 Å². The fourth-order valence-electron chi connectivity index (χ4n) is 3.18. The lowest BCUT2D eigenvalue weighted by Gasteiger charge is -2.30. The Balaban J connectivity index is 1.85. The van der Waals surface area contributed by atoms with E-state index in [2.05, 4.69) is 17.2 Å². The Hall–Kier alpha value is -2.21. The summed E-state index contributed by atoms with van der Waals surface area (Å²) in [5.74, 6) is 0.470. The van der Waals surface area contributed by atoms with E-state index in [-0.39, 0.29) is 11.8 Å². The fraction of sp³-hybridized carbons (Fsp3) is 0.421. The molecular formula is C19H23N3O2S. The van der Waals surface area contributed by atoms with Gasteiger partial charge in [0.15, 0.2) is 0 Å². The number of benzene rings is 1. The number of amides is 2. The molecule has 6 heteroatoms. The Morgan fingerprint density at radius 3 is 2.88 bits per heavy atom. The molecule has 2 amide bonds. The highest BCUT2D eigenvalue weighted by Gasteiger charge is 2.25. The second kappa shape index (κ2) is 7.35. The molecule has 1 saturated heterocycles. The van der Waals surface area contributed by atoms with Gasteiger partial charge in [-0.05, 0) is 37.8 Å². The lowest BCUT2D eigenvalue weighted by molar-refractivity contribution is -0.114. The van der Waals surface area contributed by atoms with Gasteiger partial charge in [0.25, 0.3) is 5.91 Å². The molecule has 3 rings (SSSR count). The molecule has 5 nitrogen and oxygen atoms in total. The number of nitrogens with one attached hydrogen (secondary N) is 1. The summed E-state index contributed by atoms with van der Waals surface area (Å²) in [7, 11) is 0. The van der Waals surface area contributed by atoms with Crippen molar-refractivity contribution < 1.29 is 9.59 Å². The summed E-state index contributed by atoms with van der Waals surface area (Å²) in [6.45, 7) is 7.24. The highest BCUT2D eigenvalue weighted by atomic mass is 32.1. The Morgan fingerprint density at radius 1 is 1.36 bits per heavy atom. The summed E-state index contributed by atoms with van der Waals surface area (Å²) >= 11 is 1.52. The van der Waals surface area contributed by atoms with Gasteiger partial charge in [-0.15, -0.1) is 11.3 Å². The van der Waals surface area contributed by atoms with E-state index in [1.54, 1.807) is 0 Å². The smallest absolute Gasteiger partial charge is 0.273 e. The topological polar surface area (TPSA) is 62.3 Å². The van der Waals surface area contributed by atoms with Gasteiger partial charge in [-0.3, -0.25) is 9.59 Å². The minimum absolute atomic E-state index is 0.0320. The normalized spacial score (nSPS) is 17.4. The first-order valence-corrected chi connectivity index (χ1v) is 9.40. The first kappa shape index (κ1) is 17.6. The first-order valence-electron chi connectivity index (χ1n) is 8.58. The standard InChI is InChI=1S/C19H23N3O2S/c1-12-6-5-9-22(11-12)19(24)17-13(2)25-18(21-17)15-7-4-8-16(10-15)20-14(3)23/h4,7-8,10,12H,5-6,9,11H2,1-3H3,(H,20,23). The second-order valence-electron chi connectivity index (χ2n) is 6.68. The van der Waals surface area contributed by atoms with Crippen LogP contribution in [0.4, 0.5) is 5.69 Å². The van der Waals surface area contributed by atoms with Crippen molar-refractivity contribution in [2.75, 3.05) is 18.4 Å². The van der Waals surface area contributed by atoms with Crippen LogP contribution in [0.1, 0.15) is 42.1 Å². The zero-order chi connectivity index (χ0) is 18.0. The number of aryl methyl sites for hydroxylation is 1. The largest absolute Gasteiger partial charge is 0.337 e. The SMILES string of the molecule is CC(=O)Nc1cccc(-c2nc(C(=O)N3CCCC(C)C3)c(C)s2)c1. The predicted molar refractivity (Wildman–Crippen MR) is 101 cm³/mol. The van der Waals surface area contributed by atoms with Crippen molar-refractivity contribution in [1.82, 2.24) is 9.88 Å². The summed E-state index contributed by atoms with van der Waals surface area (Å²) in [5, 5.41) is 3.58. The number of carbonyl (C=O) groups is 2.